The number of fused-ring (bicyclic) bond motifs is 2. The van der Waals surface area contributed by atoms with Crippen LogP contribution in [-0.2, 0) is 16.1 Å². The van der Waals surface area contributed by atoms with Crippen molar-refractivity contribution < 1.29 is 23.7 Å². The van der Waals surface area contributed by atoms with Crippen molar-refractivity contribution >= 4 is 22.5 Å². The lowest BCUT2D eigenvalue weighted by atomic mass is 10.2. The molecule has 0 atom stereocenters. The van der Waals surface area contributed by atoms with Crippen LogP contribution in [0.25, 0.3) is 10.9 Å². The molecule has 1 aliphatic heterocycles. The van der Waals surface area contributed by atoms with Crippen LogP contribution in [0, 0.1) is 0 Å². The van der Waals surface area contributed by atoms with Gasteiger partial charge in [0.2, 0.25) is 0 Å². The summed E-state index contributed by atoms with van der Waals surface area (Å²) in [5.74, 6) is 1.77. The second-order valence-corrected chi connectivity index (χ2v) is 6.74. The minimum Gasteiger partial charge on any atom is -0.490 e. The van der Waals surface area contributed by atoms with Crippen molar-refractivity contribution in [1.82, 2.24) is 4.57 Å². The maximum Gasteiger partial charge on any atom is 0.262 e. The minimum atomic E-state index is -0.240. The molecule has 152 valence electrons. The van der Waals surface area contributed by atoms with Crippen LogP contribution >= 0.6 is 0 Å². The average molecular weight is 396 g/mol. The number of aromatic nitrogens is 1. The Labute approximate surface area is 169 Å². The first-order chi connectivity index (χ1) is 14.2. The van der Waals surface area contributed by atoms with Crippen LogP contribution in [0.15, 0.2) is 48.7 Å². The van der Waals surface area contributed by atoms with Gasteiger partial charge in [-0.1, -0.05) is 6.07 Å². The van der Waals surface area contributed by atoms with E-state index < -0.39 is 0 Å². The van der Waals surface area contributed by atoms with Crippen molar-refractivity contribution in [3.63, 3.8) is 0 Å². The Morgan fingerprint density at radius 3 is 2.86 bits per heavy atom. The smallest absolute Gasteiger partial charge is 0.262 e. The van der Waals surface area contributed by atoms with Crippen LogP contribution in [0.5, 0.6) is 17.2 Å². The number of hydrogen-bond donors (Lipinski definition) is 1. The molecule has 0 fully saturated rings. The summed E-state index contributed by atoms with van der Waals surface area (Å²) in [4.78, 5) is 12.4. The van der Waals surface area contributed by atoms with E-state index in [-0.39, 0.29) is 12.5 Å². The number of amides is 1. The largest absolute Gasteiger partial charge is 0.490 e. The molecule has 0 saturated carbocycles. The molecule has 1 aliphatic rings. The van der Waals surface area contributed by atoms with Crippen LogP contribution in [0.4, 0.5) is 5.69 Å². The summed E-state index contributed by atoms with van der Waals surface area (Å²) in [7, 11) is 1.68. The van der Waals surface area contributed by atoms with E-state index in [0.29, 0.717) is 42.8 Å². The molecule has 3 aromatic rings. The SMILES string of the molecule is COCCn1ccc2c(OCC(=O)Nc3ccc4c(c3)OCCCO4)cccc21. The molecular weight excluding hydrogens is 372 g/mol. The molecule has 29 heavy (non-hydrogen) atoms. The predicted octanol–water partition coefficient (Wildman–Crippen LogP) is 3.47. The van der Waals surface area contributed by atoms with Crippen molar-refractivity contribution in [3.05, 3.63) is 48.7 Å². The number of anilines is 1. The molecule has 1 aromatic heterocycles. The van der Waals surface area contributed by atoms with Gasteiger partial charge < -0.3 is 28.8 Å². The van der Waals surface area contributed by atoms with E-state index >= 15 is 0 Å². The van der Waals surface area contributed by atoms with Gasteiger partial charge >= 0.3 is 0 Å². The average Bonchev–Trinajstić information content (AvgIpc) is 3.00. The summed E-state index contributed by atoms with van der Waals surface area (Å²) < 4.78 is 24.3. The molecule has 1 N–H and O–H groups in total. The van der Waals surface area contributed by atoms with Gasteiger partial charge in [-0.3, -0.25) is 4.79 Å². The number of carbonyl (C=O) groups excluding carboxylic acids is 1. The Hall–Kier alpha value is -3.19. The summed E-state index contributed by atoms with van der Waals surface area (Å²) >= 11 is 0. The number of benzene rings is 2. The summed E-state index contributed by atoms with van der Waals surface area (Å²) in [6.07, 6.45) is 2.83. The van der Waals surface area contributed by atoms with Crippen molar-refractivity contribution in [2.24, 2.45) is 0 Å². The van der Waals surface area contributed by atoms with E-state index in [1.54, 1.807) is 25.3 Å². The molecule has 0 saturated heterocycles. The van der Waals surface area contributed by atoms with Gasteiger partial charge in [-0.2, -0.15) is 0 Å². The van der Waals surface area contributed by atoms with Gasteiger partial charge in [0.1, 0.15) is 5.75 Å². The molecule has 0 radical (unpaired) electrons. The fourth-order valence-corrected chi connectivity index (χ4v) is 3.29. The normalized spacial score (nSPS) is 13.1. The standard InChI is InChI=1S/C22H24N2O5/c1-26-13-10-24-9-8-17-18(24)4-2-5-19(17)29-15-22(25)23-16-6-7-20-21(14-16)28-12-3-11-27-20/h2,4-9,14H,3,10-13,15H2,1H3,(H,23,25). The number of ether oxygens (including phenoxy) is 4. The lowest BCUT2D eigenvalue weighted by molar-refractivity contribution is -0.118. The van der Waals surface area contributed by atoms with E-state index in [2.05, 4.69) is 9.88 Å². The summed E-state index contributed by atoms with van der Waals surface area (Å²) in [6, 6.07) is 13.2. The molecule has 2 heterocycles. The first kappa shape index (κ1) is 19.1. The van der Waals surface area contributed by atoms with Gasteiger partial charge in [0, 0.05) is 43.4 Å². The quantitative estimate of drug-likeness (QED) is 0.662. The van der Waals surface area contributed by atoms with Crippen LogP contribution in [0.3, 0.4) is 0 Å². The fraction of sp³-hybridized carbons (Fsp3) is 0.318. The highest BCUT2D eigenvalue weighted by atomic mass is 16.5. The van der Waals surface area contributed by atoms with E-state index in [1.165, 1.54) is 0 Å². The molecule has 0 bridgehead atoms. The minimum absolute atomic E-state index is 0.0865. The van der Waals surface area contributed by atoms with Gasteiger partial charge in [-0.25, -0.2) is 0 Å². The van der Waals surface area contributed by atoms with Crippen molar-refractivity contribution in [1.29, 1.82) is 0 Å². The Kier molecular flexibility index (Phi) is 5.86. The van der Waals surface area contributed by atoms with Crippen molar-refractivity contribution in [2.45, 2.75) is 13.0 Å². The van der Waals surface area contributed by atoms with Crippen LogP contribution in [0.1, 0.15) is 6.42 Å². The number of nitrogens with one attached hydrogen (secondary N) is 1. The molecular formula is C22H24N2O5. The fourth-order valence-electron chi connectivity index (χ4n) is 3.29. The number of methoxy groups -OCH3 is 1. The van der Waals surface area contributed by atoms with Crippen LogP contribution < -0.4 is 19.5 Å². The van der Waals surface area contributed by atoms with E-state index in [1.807, 2.05) is 30.5 Å². The summed E-state index contributed by atoms with van der Waals surface area (Å²) in [5, 5.41) is 3.81. The first-order valence-corrected chi connectivity index (χ1v) is 9.64. The van der Waals surface area contributed by atoms with Crippen LogP contribution in [-0.4, -0.2) is 44.0 Å². The third kappa shape index (κ3) is 4.46. The van der Waals surface area contributed by atoms with Crippen molar-refractivity contribution in [2.75, 3.05) is 38.9 Å². The van der Waals surface area contributed by atoms with Crippen molar-refractivity contribution in [3.8, 4) is 17.2 Å². The molecule has 2 aromatic carbocycles. The Morgan fingerprint density at radius 1 is 1.14 bits per heavy atom. The summed E-state index contributed by atoms with van der Waals surface area (Å²) in [6.45, 7) is 2.53. The van der Waals surface area contributed by atoms with Gasteiger partial charge in [0.15, 0.2) is 18.1 Å². The number of carbonyl (C=O) groups is 1. The first-order valence-electron chi connectivity index (χ1n) is 9.64. The molecule has 0 spiro atoms. The highest BCUT2D eigenvalue weighted by molar-refractivity contribution is 5.93. The third-order valence-electron chi connectivity index (χ3n) is 4.70. The highest BCUT2D eigenvalue weighted by Gasteiger charge is 2.13. The van der Waals surface area contributed by atoms with Gasteiger partial charge in [0.25, 0.3) is 5.91 Å². The molecule has 4 rings (SSSR count). The monoisotopic (exact) mass is 396 g/mol. The molecule has 0 aliphatic carbocycles. The van der Waals surface area contributed by atoms with E-state index in [9.17, 15) is 4.79 Å². The van der Waals surface area contributed by atoms with Crippen LogP contribution in [0.2, 0.25) is 0 Å². The molecule has 1 amide bonds. The number of hydrogen-bond acceptors (Lipinski definition) is 5. The zero-order chi connectivity index (χ0) is 20.1. The van der Waals surface area contributed by atoms with E-state index in [4.69, 9.17) is 18.9 Å². The second kappa shape index (κ2) is 8.87. The zero-order valence-corrected chi connectivity index (χ0v) is 16.3. The number of nitrogens with zero attached hydrogens (tertiary/aromatic N) is 1. The summed E-state index contributed by atoms with van der Waals surface area (Å²) in [5.41, 5.74) is 1.69. The highest BCUT2D eigenvalue weighted by Crippen LogP contribution is 2.32. The van der Waals surface area contributed by atoms with E-state index in [0.717, 1.165) is 23.9 Å². The molecule has 7 nitrogen and oxygen atoms in total. The second-order valence-electron chi connectivity index (χ2n) is 6.74. The Bertz CT molecular complexity index is 998. The third-order valence-corrected chi connectivity index (χ3v) is 4.70. The molecule has 7 heteroatoms. The zero-order valence-electron chi connectivity index (χ0n) is 16.3. The maximum absolute atomic E-state index is 12.4. The molecule has 0 unspecified atom stereocenters. The Morgan fingerprint density at radius 2 is 2.00 bits per heavy atom. The number of rotatable bonds is 7. The predicted molar refractivity (Wildman–Crippen MR) is 110 cm³/mol. The van der Waals surface area contributed by atoms with Gasteiger partial charge in [-0.15, -0.1) is 0 Å². The topological polar surface area (TPSA) is 71.0 Å². The van der Waals surface area contributed by atoms with Gasteiger partial charge in [0.05, 0.1) is 25.3 Å². The van der Waals surface area contributed by atoms with Gasteiger partial charge in [-0.05, 0) is 30.3 Å². The Balaban J connectivity index is 1.40. The lowest BCUT2D eigenvalue weighted by Gasteiger charge is -2.11. The maximum atomic E-state index is 12.4. The lowest BCUT2D eigenvalue weighted by Crippen LogP contribution is -2.20.